The number of unbranched alkanes of at least 4 members (excludes halogenated alkanes) is 14. The van der Waals surface area contributed by atoms with Crippen molar-refractivity contribution in [2.24, 2.45) is 0 Å². The molecule has 6 nitrogen and oxygen atoms in total. The summed E-state index contributed by atoms with van der Waals surface area (Å²) in [6.45, 7) is 6.20. The van der Waals surface area contributed by atoms with E-state index in [0.717, 1.165) is 83.5 Å². The van der Waals surface area contributed by atoms with Crippen LogP contribution in [0.3, 0.4) is 0 Å². The molecule has 0 spiro atoms. The van der Waals surface area contributed by atoms with E-state index in [1.807, 2.05) is 103 Å². The minimum absolute atomic E-state index is 0.137. The van der Waals surface area contributed by atoms with E-state index in [4.69, 9.17) is 14.2 Å². The van der Waals surface area contributed by atoms with Gasteiger partial charge in [-0.2, -0.15) is 0 Å². The molecule has 0 aromatic heterocycles. The van der Waals surface area contributed by atoms with Crippen LogP contribution < -0.4 is 0 Å². The Morgan fingerprint density at radius 3 is 1.17 bits per heavy atom. The molecule has 0 amide bonds. The van der Waals surface area contributed by atoms with Gasteiger partial charge in [-0.15, -0.1) is 0 Å². The van der Waals surface area contributed by atoms with Crippen LogP contribution in [0.1, 0.15) is 175 Å². The molecule has 0 aliphatic carbocycles. The second-order valence-corrected chi connectivity index (χ2v) is 15.9. The predicted octanol–water partition coefficient (Wildman–Crippen LogP) is 16.6. The van der Waals surface area contributed by atoms with Crippen LogP contribution in [-0.4, -0.2) is 37.2 Å². The SMILES string of the molecule is CC/C=C/C=C/C=C/C=C/C=C/C=C/C=C/CCCCCC(=O)OCC(COC(=O)CC/C=C/C/C=C/CCCCCCCC)OC(=O)CCCCCCC/C=C/C=C/C=C/C=C/CC. The third-order valence-electron chi connectivity index (χ3n) is 9.80. The number of ether oxygens (including phenoxy) is 3. The molecule has 1 atom stereocenters. The van der Waals surface area contributed by atoms with Gasteiger partial charge in [0.05, 0.1) is 0 Å². The van der Waals surface area contributed by atoms with Crippen molar-refractivity contribution in [3.05, 3.63) is 158 Å². The molecule has 0 saturated heterocycles. The summed E-state index contributed by atoms with van der Waals surface area (Å²) in [5.41, 5.74) is 0. The number of rotatable bonds is 42. The minimum Gasteiger partial charge on any atom is -0.462 e. The van der Waals surface area contributed by atoms with Gasteiger partial charge in [0.25, 0.3) is 0 Å². The van der Waals surface area contributed by atoms with Gasteiger partial charge in [-0.1, -0.05) is 237 Å². The molecular weight excluding hydrogens is 805 g/mol. The first-order valence-corrected chi connectivity index (χ1v) is 25.1. The van der Waals surface area contributed by atoms with Crippen molar-refractivity contribution < 1.29 is 28.6 Å². The molecule has 0 N–H and O–H groups in total. The van der Waals surface area contributed by atoms with Gasteiger partial charge >= 0.3 is 17.9 Å². The highest BCUT2D eigenvalue weighted by Crippen LogP contribution is 2.12. The Morgan fingerprint density at radius 2 is 0.692 bits per heavy atom. The van der Waals surface area contributed by atoms with Crippen LogP contribution in [0.5, 0.6) is 0 Å². The maximum Gasteiger partial charge on any atom is 0.306 e. The van der Waals surface area contributed by atoms with Crippen molar-refractivity contribution in [1.29, 1.82) is 0 Å². The Balaban J connectivity index is 4.63. The molecule has 65 heavy (non-hydrogen) atoms. The fourth-order valence-electron chi connectivity index (χ4n) is 6.07. The zero-order valence-electron chi connectivity index (χ0n) is 40.9. The quantitative estimate of drug-likeness (QED) is 0.0200. The summed E-state index contributed by atoms with van der Waals surface area (Å²) in [5, 5.41) is 0. The summed E-state index contributed by atoms with van der Waals surface area (Å²) in [5.74, 6) is -1.09. The number of esters is 3. The van der Waals surface area contributed by atoms with Gasteiger partial charge in [-0.05, 0) is 77.0 Å². The Morgan fingerprint density at radius 1 is 0.338 bits per heavy atom. The largest absolute Gasteiger partial charge is 0.462 e. The zero-order chi connectivity index (χ0) is 47.2. The molecule has 0 aromatic carbocycles. The molecule has 0 fully saturated rings. The molecule has 0 saturated carbocycles. The van der Waals surface area contributed by atoms with Gasteiger partial charge in [0.1, 0.15) is 13.2 Å². The summed E-state index contributed by atoms with van der Waals surface area (Å²) in [7, 11) is 0. The second kappa shape index (κ2) is 51.7. The van der Waals surface area contributed by atoms with Crippen LogP contribution in [0.2, 0.25) is 0 Å². The van der Waals surface area contributed by atoms with Crippen molar-refractivity contribution >= 4 is 17.9 Å². The number of hydrogen-bond donors (Lipinski definition) is 0. The van der Waals surface area contributed by atoms with Gasteiger partial charge in [-0.25, -0.2) is 0 Å². The van der Waals surface area contributed by atoms with Gasteiger partial charge in [0.15, 0.2) is 6.10 Å². The molecule has 0 bridgehead atoms. The Hall–Kier alpha value is -4.97. The number of carbonyl (C=O) groups excluding carboxylic acids is 3. The van der Waals surface area contributed by atoms with Crippen LogP contribution in [0, 0.1) is 0 Å². The number of allylic oxidation sites excluding steroid dienone is 26. The fraction of sp³-hybridized carbons (Fsp3) is 0.508. The lowest BCUT2D eigenvalue weighted by atomic mass is 10.1. The summed E-state index contributed by atoms with van der Waals surface area (Å²) in [6, 6.07) is 0. The van der Waals surface area contributed by atoms with Crippen molar-refractivity contribution in [1.82, 2.24) is 0 Å². The van der Waals surface area contributed by atoms with Crippen molar-refractivity contribution in [2.75, 3.05) is 13.2 Å². The first-order valence-electron chi connectivity index (χ1n) is 25.1. The van der Waals surface area contributed by atoms with Crippen LogP contribution in [-0.2, 0) is 28.6 Å². The first kappa shape index (κ1) is 60.0. The van der Waals surface area contributed by atoms with E-state index in [-0.39, 0.29) is 50.4 Å². The van der Waals surface area contributed by atoms with Crippen molar-refractivity contribution in [2.45, 2.75) is 181 Å². The van der Waals surface area contributed by atoms with Gasteiger partial charge in [0, 0.05) is 19.3 Å². The lowest BCUT2D eigenvalue weighted by Gasteiger charge is -2.18. The van der Waals surface area contributed by atoms with E-state index in [1.54, 1.807) is 0 Å². The molecule has 0 aliphatic heterocycles. The van der Waals surface area contributed by atoms with Crippen molar-refractivity contribution in [3.63, 3.8) is 0 Å². The van der Waals surface area contributed by atoms with Gasteiger partial charge in [-0.3, -0.25) is 14.4 Å². The van der Waals surface area contributed by atoms with Crippen LogP contribution in [0.25, 0.3) is 0 Å². The van der Waals surface area contributed by atoms with Crippen molar-refractivity contribution in [3.8, 4) is 0 Å². The monoisotopic (exact) mass is 893 g/mol. The molecule has 1 unspecified atom stereocenters. The molecule has 0 radical (unpaired) electrons. The Bertz CT molecular complexity index is 1540. The molecule has 360 valence electrons. The predicted molar refractivity (Wildman–Crippen MR) is 278 cm³/mol. The van der Waals surface area contributed by atoms with Crippen LogP contribution in [0.4, 0.5) is 0 Å². The highest BCUT2D eigenvalue weighted by atomic mass is 16.6. The van der Waals surface area contributed by atoms with Crippen LogP contribution in [0.15, 0.2) is 158 Å². The number of carbonyl (C=O) groups is 3. The van der Waals surface area contributed by atoms with E-state index in [9.17, 15) is 14.4 Å². The highest BCUT2D eigenvalue weighted by molar-refractivity contribution is 5.71. The summed E-state index contributed by atoms with van der Waals surface area (Å²) in [6.07, 6.45) is 75.1. The second-order valence-electron chi connectivity index (χ2n) is 15.9. The summed E-state index contributed by atoms with van der Waals surface area (Å²) >= 11 is 0. The van der Waals surface area contributed by atoms with E-state index in [2.05, 4.69) is 75.5 Å². The lowest BCUT2D eigenvalue weighted by Crippen LogP contribution is -2.30. The van der Waals surface area contributed by atoms with Crippen LogP contribution >= 0.6 is 0 Å². The maximum atomic E-state index is 12.8. The topological polar surface area (TPSA) is 78.9 Å². The summed E-state index contributed by atoms with van der Waals surface area (Å²) in [4.78, 5) is 37.9. The molecule has 0 aliphatic rings. The Kier molecular flexibility index (Phi) is 47.7. The lowest BCUT2D eigenvalue weighted by molar-refractivity contribution is -0.166. The molecule has 0 rings (SSSR count). The van der Waals surface area contributed by atoms with E-state index >= 15 is 0 Å². The maximum absolute atomic E-state index is 12.8. The van der Waals surface area contributed by atoms with E-state index < -0.39 is 6.10 Å². The average molecular weight is 893 g/mol. The molecular formula is C59H88O6. The third kappa shape index (κ3) is 49.9. The fourth-order valence-corrected chi connectivity index (χ4v) is 6.07. The summed E-state index contributed by atoms with van der Waals surface area (Å²) < 4.78 is 16.7. The van der Waals surface area contributed by atoms with Gasteiger partial charge in [0.2, 0.25) is 0 Å². The highest BCUT2D eigenvalue weighted by Gasteiger charge is 2.19. The minimum atomic E-state index is -0.840. The first-order chi connectivity index (χ1) is 32.0. The third-order valence-corrected chi connectivity index (χ3v) is 9.80. The number of hydrogen-bond acceptors (Lipinski definition) is 6. The smallest absolute Gasteiger partial charge is 0.306 e. The molecule has 0 aromatic rings. The van der Waals surface area contributed by atoms with E-state index in [1.165, 1.54) is 38.5 Å². The Labute approximate surface area is 397 Å². The normalized spacial score (nSPS) is 13.5. The standard InChI is InChI=1S/C59H88O6/c1-4-7-10-13-16-19-22-25-27-28-29-30-32-34-37-40-43-46-49-52-58(61)64-55-56(54-63-57(60)51-48-45-42-39-36-33-24-21-18-15-12-9-6-3)65-59(62)53-50-47-44-41-38-35-31-26-23-20-17-14-11-8-5-2/h7-8,10-11,13-14,16-17,19-20,22-23,25-34,36-37,42,45,56H,4-6,9,12,15,18,21,24,35,38-41,43-44,46-55H2,1-3H3/b10-7+,11-8+,16-13+,17-14+,22-19+,23-20+,27-25+,29-28+,31-26+,32-30+,36-33+,37-34+,45-42+. The average Bonchev–Trinajstić information content (AvgIpc) is 3.30. The molecule has 6 heteroatoms. The zero-order valence-corrected chi connectivity index (χ0v) is 40.9. The molecule has 0 heterocycles. The van der Waals surface area contributed by atoms with E-state index in [0.29, 0.717) is 12.8 Å². The van der Waals surface area contributed by atoms with Gasteiger partial charge < -0.3 is 14.2 Å².